The van der Waals surface area contributed by atoms with Crippen LogP contribution in [0, 0.1) is 0 Å². The van der Waals surface area contributed by atoms with Gasteiger partial charge in [0.25, 0.3) is 20.2 Å². The van der Waals surface area contributed by atoms with Crippen LogP contribution in [-0.2, 0) is 39.9 Å². The molecule has 0 aromatic heterocycles. The topological polar surface area (TPSA) is 341 Å². The molecule has 0 aliphatic carbocycles. The van der Waals surface area contributed by atoms with Crippen molar-refractivity contribution < 1.29 is 82.2 Å². The summed E-state index contributed by atoms with van der Waals surface area (Å²) in [6.45, 7) is 6.51. The second-order valence-corrected chi connectivity index (χ2v) is 17.8. The van der Waals surface area contributed by atoms with Crippen LogP contribution in [0.1, 0.15) is 10.4 Å². The van der Waals surface area contributed by atoms with Gasteiger partial charge in [-0.15, -0.1) is 20.5 Å². The van der Waals surface area contributed by atoms with Gasteiger partial charge < -0.3 is 16.6 Å². The molecule has 0 amide bonds. The third kappa shape index (κ3) is 9.41. The Morgan fingerprint density at radius 2 is 1.02 bits per heavy atom. The number of hydrogen-bond acceptors (Lipinski definition) is 17. The van der Waals surface area contributed by atoms with Crippen LogP contribution in [0.2, 0.25) is 0 Å². The third-order valence-electron chi connectivity index (χ3n) is 7.75. The molecule has 58 heavy (non-hydrogen) atoms. The molecule has 0 bridgehead atoms. The molecule has 0 aliphatic heterocycles. The molecule has 7 N–H and O–H groups in total. The van der Waals surface area contributed by atoms with Crippen LogP contribution in [0.3, 0.4) is 0 Å². The molecule has 294 valence electrons. The van der Waals surface area contributed by atoms with E-state index in [0.717, 1.165) is 41.1 Å². The molecule has 25 heteroatoms. The van der Waals surface area contributed by atoms with Crippen molar-refractivity contribution in [3.8, 4) is 0 Å². The Morgan fingerprint density at radius 1 is 0.569 bits per heavy atom. The van der Waals surface area contributed by atoms with E-state index >= 15 is 0 Å². The minimum absolute atomic E-state index is 0. The number of anilines is 2. The largest absolute Gasteiger partial charge is 1.00 e. The fourth-order valence-electron chi connectivity index (χ4n) is 5.05. The second kappa shape index (κ2) is 17.1. The van der Waals surface area contributed by atoms with E-state index in [0.29, 0.717) is 0 Å². The molecule has 5 rings (SSSR count). The first kappa shape index (κ1) is 45.1. The molecule has 0 aliphatic rings. The van der Waals surface area contributed by atoms with Gasteiger partial charge in [0.05, 0.1) is 32.5 Å². The predicted molar refractivity (Wildman–Crippen MR) is 206 cm³/mol. The molecule has 0 saturated heterocycles. The number of nitrogen functional groups attached to an aromatic ring is 2. The molecule has 0 unspecified atom stereocenters. The van der Waals surface area contributed by atoms with E-state index in [4.69, 9.17) is 11.5 Å². The van der Waals surface area contributed by atoms with E-state index in [2.05, 4.69) is 43.8 Å². The number of carboxylic acid groups (broad SMARTS) is 1. The summed E-state index contributed by atoms with van der Waals surface area (Å²) in [7, 11) is -17.7. The number of rotatable bonds is 13. The molecule has 0 fully saturated rings. The fraction of sp³-hybridized carbons (Fsp3) is 0. The number of benzene rings is 5. The first-order valence-electron chi connectivity index (χ1n) is 15.3. The standard InChI is InChI=1S/C33H26N8O12S4.Na/c1-3-54(44,45)20-12-8-18(9-13-20)36-39-29-26(33(42)43)30(28(35)31(27(29)34)41-37-19-10-14-21(15-11-19)55(46,47)4-2)40-38-24-17-16-22-23(32(24)57(51,52)53)6-5-7-25(22)56(48,49)50;/h3-17H,1-2,34-35H2,(H,42,43)(H,48,49,50)(H,51,52,53);/q;+1. The minimum atomic E-state index is -5.24. The summed E-state index contributed by atoms with van der Waals surface area (Å²) in [6, 6.07) is 14.8. The zero-order valence-corrected chi connectivity index (χ0v) is 34.8. The Balaban J connectivity index is 0.00000744. The number of sulfone groups is 2. The molecule has 20 nitrogen and oxygen atoms in total. The van der Waals surface area contributed by atoms with Crippen molar-refractivity contribution >= 4 is 102 Å². The van der Waals surface area contributed by atoms with Crippen molar-refractivity contribution in [2.24, 2.45) is 30.7 Å². The molecular formula is C33H26N8NaO12S4+. The molecule has 0 saturated carbocycles. The van der Waals surface area contributed by atoms with Gasteiger partial charge in [0.1, 0.15) is 38.1 Å². The van der Waals surface area contributed by atoms with Crippen molar-refractivity contribution in [3.05, 3.63) is 108 Å². The van der Waals surface area contributed by atoms with Gasteiger partial charge in [0, 0.05) is 21.6 Å². The van der Waals surface area contributed by atoms with E-state index in [1.807, 2.05) is 0 Å². The van der Waals surface area contributed by atoms with E-state index in [1.54, 1.807) is 0 Å². The first-order valence-corrected chi connectivity index (χ1v) is 21.3. The molecule has 5 aromatic rings. The monoisotopic (exact) mass is 877 g/mol. The van der Waals surface area contributed by atoms with E-state index in [9.17, 15) is 52.7 Å². The molecule has 0 spiro atoms. The van der Waals surface area contributed by atoms with Crippen molar-refractivity contribution in [1.82, 2.24) is 0 Å². The summed E-state index contributed by atoms with van der Waals surface area (Å²) in [6.07, 6.45) is 0. The Bertz CT molecular complexity index is 3070. The van der Waals surface area contributed by atoms with E-state index < -0.39 is 101 Å². The number of nitrogens with two attached hydrogens (primary N) is 2. The summed E-state index contributed by atoms with van der Waals surface area (Å²) in [5.74, 6) is -1.77. The van der Waals surface area contributed by atoms with Gasteiger partial charge in [-0.05, 0) is 60.7 Å². The van der Waals surface area contributed by atoms with Crippen LogP contribution in [0.15, 0.2) is 153 Å². The van der Waals surface area contributed by atoms with Crippen molar-refractivity contribution in [2.75, 3.05) is 11.5 Å². The fourth-order valence-corrected chi connectivity index (χ4v) is 8.00. The maximum absolute atomic E-state index is 12.8. The van der Waals surface area contributed by atoms with Gasteiger partial charge in [0.15, 0.2) is 19.7 Å². The summed E-state index contributed by atoms with van der Waals surface area (Å²) >= 11 is 0. The number of fused-ring (bicyclic) bond motifs is 1. The average Bonchev–Trinajstić information content (AvgIpc) is 3.15. The Hall–Kier alpha value is -5.57. The number of azo groups is 3. The van der Waals surface area contributed by atoms with Gasteiger partial charge >= 0.3 is 35.5 Å². The maximum atomic E-state index is 12.8. The van der Waals surface area contributed by atoms with Crippen LogP contribution in [0.5, 0.6) is 0 Å². The van der Waals surface area contributed by atoms with Crippen molar-refractivity contribution in [1.29, 1.82) is 0 Å². The Kier molecular flexibility index (Phi) is 13.3. The number of nitrogens with zero attached hydrogens (tertiary/aromatic N) is 6. The summed E-state index contributed by atoms with van der Waals surface area (Å²) in [5.41, 5.74) is 8.23. The molecular weight excluding hydrogens is 852 g/mol. The predicted octanol–water partition coefficient (Wildman–Crippen LogP) is 4.28. The van der Waals surface area contributed by atoms with Gasteiger partial charge in [-0.25, -0.2) is 21.6 Å². The van der Waals surface area contributed by atoms with Gasteiger partial charge in [-0.1, -0.05) is 31.4 Å². The summed E-state index contributed by atoms with van der Waals surface area (Å²) in [5, 5.41) is 34.7. The molecule has 0 atom stereocenters. The number of hydrogen-bond donors (Lipinski definition) is 5. The van der Waals surface area contributed by atoms with Crippen LogP contribution in [0.25, 0.3) is 10.8 Å². The van der Waals surface area contributed by atoms with E-state index in [-0.39, 0.29) is 56.1 Å². The van der Waals surface area contributed by atoms with Crippen LogP contribution < -0.4 is 41.0 Å². The first-order chi connectivity index (χ1) is 26.6. The Labute approximate surface area is 352 Å². The number of carbonyl (C=O) groups is 1. The molecule has 5 aromatic carbocycles. The van der Waals surface area contributed by atoms with Crippen LogP contribution >= 0.6 is 0 Å². The van der Waals surface area contributed by atoms with Crippen LogP contribution in [0.4, 0.5) is 45.5 Å². The quantitative estimate of drug-likeness (QED) is 0.0477. The minimum Gasteiger partial charge on any atom is -0.478 e. The summed E-state index contributed by atoms with van der Waals surface area (Å²) < 4.78 is 118. The zero-order chi connectivity index (χ0) is 42.1. The second-order valence-electron chi connectivity index (χ2n) is 11.3. The Morgan fingerprint density at radius 3 is 1.43 bits per heavy atom. The number of carboxylic acids is 1. The summed E-state index contributed by atoms with van der Waals surface area (Å²) in [4.78, 5) is 10.9. The zero-order valence-electron chi connectivity index (χ0n) is 29.6. The van der Waals surface area contributed by atoms with Gasteiger partial charge in [0.2, 0.25) is 0 Å². The van der Waals surface area contributed by atoms with Crippen molar-refractivity contribution in [3.63, 3.8) is 0 Å². The van der Waals surface area contributed by atoms with Gasteiger partial charge in [-0.3, -0.25) is 9.11 Å². The van der Waals surface area contributed by atoms with E-state index in [1.165, 1.54) is 48.5 Å². The smallest absolute Gasteiger partial charge is 0.478 e. The SMILES string of the molecule is C=CS(=O)(=O)c1ccc(N=Nc2c(N)c(N=Nc3ccc(S(=O)(=O)C=C)cc3)c(C(=O)O)c(N=Nc3ccc4c(S(=O)(=O)O)cccc4c3S(=O)(=O)O)c2N)cc1.[Na+]. The maximum Gasteiger partial charge on any atom is 1.00 e. The normalized spacial score (nSPS) is 12.6. The van der Waals surface area contributed by atoms with Gasteiger partial charge in [-0.2, -0.15) is 27.1 Å². The van der Waals surface area contributed by atoms with Crippen LogP contribution in [-0.4, -0.2) is 53.9 Å². The third-order valence-corrected chi connectivity index (χ3v) is 12.3. The number of aromatic carboxylic acids is 1. The average molecular weight is 878 g/mol. The molecule has 0 heterocycles. The molecule has 0 radical (unpaired) electrons. The van der Waals surface area contributed by atoms with Crippen molar-refractivity contribution in [2.45, 2.75) is 19.6 Å².